The highest BCUT2D eigenvalue weighted by molar-refractivity contribution is 5.90. The van der Waals surface area contributed by atoms with Crippen molar-refractivity contribution >= 4 is 17.8 Å². The number of nitrogens with one attached hydrogen (secondary N) is 1. The van der Waals surface area contributed by atoms with E-state index in [-0.39, 0.29) is 6.03 Å². The van der Waals surface area contributed by atoms with E-state index < -0.39 is 12.1 Å². The number of likely N-dealkylation sites (N-methyl/N-ethyl adjacent to an activating group) is 1. The number of carboxylic acid groups (broad SMARTS) is 1. The molecule has 0 radical (unpaired) electrons. The molecule has 1 heterocycles. The predicted molar refractivity (Wildman–Crippen MR) is 117 cm³/mol. The lowest BCUT2D eigenvalue weighted by atomic mass is 10.0. The SMILES string of the molecule is CCOC(Cc1ccc(-c2cccc(N(C)C(=O)NCCN(C)C)n2)cc1)C(=O)O. The molecule has 8 heteroatoms. The van der Waals surface area contributed by atoms with E-state index in [1.807, 2.05) is 55.4 Å². The van der Waals surface area contributed by atoms with Crippen LogP contribution in [0.5, 0.6) is 0 Å². The lowest BCUT2D eigenvalue weighted by Crippen LogP contribution is -2.40. The van der Waals surface area contributed by atoms with Gasteiger partial charge < -0.3 is 20.1 Å². The highest BCUT2D eigenvalue weighted by Gasteiger charge is 2.18. The van der Waals surface area contributed by atoms with Gasteiger partial charge in [-0.15, -0.1) is 0 Å². The second-order valence-electron chi connectivity index (χ2n) is 7.16. The largest absolute Gasteiger partial charge is 0.479 e. The zero-order valence-corrected chi connectivity index (χ0v) is 18.0. The highest BCUT2D eigenvalue weighted by Crippen LogP contribution is 2.21. The molecular formula is C22H30N4O4. The minimum Gasteiger partial charge on any atom is -0.479 e. The van der Waals surface area contributed by atoms with Crippen LogP contribution in [0.2, 0.25) is 0 Å². The molecule has 2 rings (SSSR count). The minimum atomic E-state index is -0.970. The number of carboxylic acids is 1. The van der Waals surface area contributed by atoms with Crippen LogP contribution in [0.25, 0.3) is 11.3 Å². The van der Waals surface area contributed by atoms with Crippen LogP contribution < -0.4 is 10.2 Å². The number of nitrogens with zero attached hydrogens (tertiary/aromatic N) is 3. The normalized spacial score (nSPS) is 11.9. The van der Waals surface area contributed by atoms with Crippen molar-refractivity contribution in [2.75, 3.05) is 45.7 Å². The van der Waals surface area contributed by atoms with Gasteiger partial charge in [-0.05, 0) is 38.7 Å². The second kappa shape index (κ2) is 11.3. The number of anilines is 1. The summed E-state index contributed by atoms with van der Waals surface area (Å²) in [7, 11) is 5.58. The Kier molecular flexibility index (Phi) is 8.76. The Bertz CT molecular complexity index is 839. The fourth-order valence-corrected chi connectivity index (χ4v) is 2.82. The third-order valence-electron chi connectivity index (χ3n) is 4.53. The van der Waals surface area contributed by atoms with Crippen molar-refractivity contribution in [1.82, 2.24) is 15.2 Å². The number of aliphatic carboxylic acids is 1. The molecular weight excluding hydrogens is 384 g/mol. The molecule has 162 valence electrons. The number of carbonyl (C=O) groups excluding carboxylic acids is 1. The molecule has 0 bridgehead atoms. The zero-order chi connectivity index (χ0) is 22.1. The van der Waals surface area contributed by atoms with E-state index >= 15 is 0 Å². The highest BCUT2D eigenvalue weighted by atomic mass is 16.5. The molecule has 0 saturated heterocycles. The average Bonchev–Trinajstić information content (AvgIpc) is 2.73. The van der Waals surface area contributed by atoms with E-state index in [9.17, 15) is 14.7 Å². The molecule has 8 nitrogen and oxygen atoms in total. The van der Waals surface area contributed by atoms with E-state index in [4.69, 9.17) is 4.74 Å². The van der Waals surface area contributed by atoms with Crippen molar-refractivity contribution in [3.63, 3.8) is 0 Å². The lowest BCUT2D eigenvalue weighted by molar-refractivity contribution is -0.149. The van der Waals surface area contributed by atoms with Gasteiger partial charge in [0.15, 0.2) is 6.10 Å². The number of pyridine rings is 1. The van der Waals surface area contributed by atoms with Gasteiger partial charge in [0.25, 0.3) is 0 Å². The smallest absolute Gasteiger partial charge is 0.333 e. The maximum Gasteiger partial charge on any atom is 0.333 e. The number of hydrogen-bond acceptors (Lipinski definition) is 5. The quantitative estimate of drug-likeness (QED) is 0.620. The van der Waals surface area contributed by atoms with Crippen molar-refractivity contribution in [3.8, 4) is 11.3 Å². The summed E-state index contributed by atoms with van der Waals surface area (Å²) < 4.78 is 5.27. The molecule has 0 aliphatic rings. The topological polar surface area (TPSA) is 95.0 Å². The van der Waals surface area contributed by atoms with Crippen molar-refractivity contribution in [2.45, 2.75) is 19.4 Å². The summed E-state index contributed by atoms with van der Waals surface area (Å²) in [4.78, 5) is 31.7. The molecule has 30 heavy (non-hydrogen) atoms. The molecule has 2 N–H and O–H groups in total. The molecule has 1 atom stereocenters. The Morgan fingerprint density at radius 2 is 1.83 bits per heavy atom. The molecule has 1 unspecified atom stereocenters. The molecule has 1 aromatic carbocycles. The summed E-state index contributed by atoms with van der Waals surface area (Å²) >= 11 is 0. The average molecular weight is 415 g/mol. The van der Waals surface area contributed by atoms with Gasteiger partial charge in [0.2, 0.25) is 0 Å². The monoisotopic (exact) mass is 414 g/mol. The number of urea groups is 1. The third-order valence-corrected chi connectivity index (χ3v) is 4.53. The van der Waals surface area contributed by atoms with Gasteiger partial charge in [0.05, 0.1) is 5.69 Å². The van der Waals surface area contributed by atoms with Crippen LogP contribution in [0.3, 0.4) is 0 Å². The van der Waals surface area contributed by atoms with Crippen molar-refractivity contribution < 1.29 is 19.4 Å². The summed E-state index contributed by atoms with van der Waals surface area (Å²) in [6.45, 7) is 3.43. The van der Waals surface area contributed by atoms with Crippen molar-refractivity contribution in [3.05, 3.63) is 48.0 Å². The third kappa shape index (κ3) is 6.82. The van der Waals surface area contributed by atoms with Crippen LogP contribution in [-0.4, -0.2) is 73.9 Å². The maximum absolute atomic E-state index is 12.3. The Hall–Kier alpha value is -2.97. The fraction of sp³-hybridized carbons (Fsp3) is 0.409. The van der Waals surface area contributed by atoms with Crippen LogP contribution in [0.4, 0.5) is 10.6 Å². The Morgan fingerprint density at radius 1 is 1.13 bits per heavy atom. The van der Waals surface area contributed by atoms with Crippen molar-refractivity contribution in [2.24, 2.45) is 0 Å². The van der Waals surface area contributed by atoms with Crippen LogP contribution in [0.1, 0.15) is 12.5 Å². The van der Waals surface area contributed by atoms with Gasteiger partial charge in [-0.2, -0.15) is 0 Å². The first-order valence-electron chi connectivity index (χ1n) is 9.89. The van der Waals surface area contributed by atoms with E-state index in [0.717, 1.165) is 23.4 Å². The molecule has 2 aromatic rings. The summed E-state index contributed by atoms with van der Waals surface area (Å²) in [6, 6.07) is 12.8. The van der Waals surface area contributed by atoms with E-state index in [2.05, 4.69) is 10.3 Å². The van der Waals surface area contributed by atoms with Gasteiger partial charge in [-0.3, -0.25) is 4.90 Å². The van der Waals surface area contributed by atoms with Crippen LogP contribution >= 0.6 is 0 Å². The Morgan fingerprint density at radius 3 is 2.43 bits per heavy atom. The molecule has 0 fully saturated rings. The number of amides is 2. The molecule has 2 amide bonds. The first kappa shape index (κ1) is 23.3. The predicted octanol–water partition coefficient (Wildman–Crippen LogP) is 2.49. The van der Waals surface area contributed by atoms with Crippen LogP contribution in [-0.2, 0) is 16.0 Å². The summed E-state index contributed by atoms with van der Waals surface area (Å²) in [5.41, 5.74) is 2.48. The first-order chi connectivity index (χ1) is 14.3. The van der Waals surface area contributed by atoms with Gasteiger partial charge in [0.1, 0.15) is 5.82 Å². The number of aromatic nitrogens is 1. The molecule has 0 aliphatic carbocycles. The van der Waals surface area contributed by atoms with Gasteiger partial charge >= 0.3 is 12.0 Å². The molecule has 0 saturated carbocycles. The number of hydrogen-bond donors (Lipinski definition) is 2. The van der Waals surface area contributed by atoms with Crippen molar-refractivity contribution in [1.29, 1.82) is 0 Å². The number of rotatable bonds is 10. The van der Waals surface area contributed by atoms with Crippen LogP contribution in [0.15, 0.2) is 42.5 Å². The number of ether oxygens (including phenoxy) is 1. The van der Waals surface area contributed by atoms with E-state index in [1.165, 1.54) is 4.90 Å². The van der Waals surface area contributed by atoms with Gasteiger partial charge in [-0.1, -0.05) is 30.3 Å². The second-order valence-corrected chi connectivity index (χ2v) is 7.16. The summed E-state index contributed by atoms with van der Waals surface area (Å²) in [6.07, 6.45) is -0.561. The molecule has 1 aromatic heterocycles. The van der Waals surface area contributed by atoms with E-state index in [0.29, 0.717) is 25.4 Å². The Labute approximate surface area is 177 Å². The number of carbonyl (C=O) groups is 2. The van der Waals surface area contributed by atoms with Crippen LogP contribution in [0, 0.1) is 0 Å². The maximum atomic E-state index is 12.3. The van der Waals surface area contributed by atoms with Gasteiger partial charge in [0, 0.05) is 38.7 Å². The molecule has 0 spiro atoms. The van der Waals surface area contributed by atoms with Gasteiger partial charge in [-0.25, -0.2) is 14.6 Å². The Balaban J connectivity index is 2.08. The summed E-state index contributed by atoms with van der Waals surface area (Å²) in [5, 5.41) is 12.1. The zero-order valence-electron chi connectivity index (χ0n) is 18.0. The lowest BCUT2D eigenvalue weighted by Gasteiger charge is -2.19. The fourth-order valence-electron chi connectivity index (χ4n) is 2.82. The van der Waals surface area contributed by atoms with E-state index in [1.54, 1.807) is 20.0 Å². The molecule has 0 aliphatic heterocycles. The standard InChI is InChI=1S/C22H30N4O4/c1-5-30-19(21(27)28)15-16-9-11-17(12-10-16)18-7-6-8-20(24-18)26(4)22(29)23-13-14-25(2)3/h6-12,19H,5,13-15H2,1-4H3,(H,23,29)(H,27,28). The number of benzene rings is 1. The summed E-state index contributed by atoms with van der Waals surface area (Å²) in [5.74, 6) is -0.427. The first-order valence-corrected chi connectivity index (χ1v) is 9.89. The minimum absolute atomic E-state index is 0.215.